The van der Waals surface area contributed by atoms with Gasteiger partial charge in [-0.05, 0) is 59.5 Å². The molecule has 3 aromatic rings. The number of methoxy groups -OCH3 is 2. The van der Waals surface area contributed by atoms with E-state index in [-0.39, 0.29) is 5.92 Å². The Labute approximate surface area is 222 Å². The highest BCUT2D eigenvalue weighted by Crippen LogP contribution is 2.60. The standard InChI is InChI=1S/C27H22BrCl2N3O2/c1-34-18-6-3-15(4-7-18)14-33-24-20(12-17(29)13-21(24)30)27-9-10-31-25(35-2)23(27)19-8-5-16(28)11-22(19)32-26(27)33/h3-8,11-13,23H,9-10,14H2,1-2H3/t23-,27-/m1/s1. The van der Waals surface area contributed by atoms with Crippen LogP contribution < -0.4 is 9.64 Å². The summed E-state index contributed by atoms with van der Waals surface area (Å²) in [5, 5.41) is 1.22. The fourth-order valence-electron chi connectivity index (χ4n) is 5.75. The molecule has 0 unspecified atom stereocenters. The third-order valence-electron chi connectivity index (χ3n) is 7.19. The maximum atomic E-state index is 6.91. The highest BCUT2D eigenvalue weighted by Gasteiger charge is 2.60. The van der Waals surface area contributed by atoms with Crippen molar-refractivity contribution in [2.75, 3.05) is 25.7 Å². The van der Waals surface area contributed by atoms with Gasteiger partial charge in [0.15, 0.2) is 5.90 Å². The van der Waals surface area contributed by atoms with Crippen molar-refractivity contribution in [1.29, 1.82) is 0 Å². The van der Waals surface area contributed by atoms with E-state index in [9.17, 15) is 0 Å². The van der Waals surface area contributed by atoms with E-state index in [1.807, 2.05) is 30.3 Å². The molecule has 2 atom stereocenters. The van der Waals surface area contributed by atoms with Crippen LogP contribution in [0.25, 0.3) is 0 Å². The first-order valence-electron chi connectivity index (χ1n) is 11.3. The second-order valence-electron chi connectivity index (χ2n) is 8.93. The second kappa shape index (κ2) is 8.54. The maximum absolute atomic E-state index is 6.91. The van der Waals surface area contributed by atoms with E-state index < -0.39 is 5.41 Å². The van der Waals surface area contributed by atoms with Gasteiger partial charge in [-0.2, -0.15) is 0 Å². The molecule has 35 heavy (non-hydrogen) atoms. The quantitative estimate of drug-likeness (QED) is 0.332. The van der Waals surface area contributed by atoms with Crippen LogP contribution in [0.5, 0.6) is 5.75 Å². The summed E-state index contributed by atoms with van der Waals surface area (Å²) >= 11 is 17.1. The number of nitrogens with zero attached hydrogens (tertiary/aromatic N) is 3. The van der Waals surface area contributed by atoms with E-state index in [4.69, 9.17) is 42.7 Å². The Kier molecular flexibility index (Phi) is 5.59. The van der Waals surface area contributed by atoms with Gasteiger partial charge in [0.1, 0.15) is 11.6 Å². The Morgan fingerprint density at radius 3 is 2.60 bits per heavy atom. The van der Waals surface area contributed by atoms with Crippen LogP contribution in [0.3, 0.4) is 0 Å². The highest BCUT2D eigenvalue weighted by molar-refractivity contribution is 9.10. The van der Waals surface area contributed by atoms with E-state index in [0.29, 0.717) is 29.0 Å². The number of halogens is 3. The molecule has 3 aromatic carbocycles. The van der Waals surface area contributed by atoms with E-state index in [1.165, 1.54) is 0 Å². The first-order chi connectivity index (χ1) is 17.0. The summed E-state index contributed by atoms with van der Waals surface area (Å²) in [5.41, 5.74) is 4.65. The largest absolute Gasteiger partial charge is 0.497 e. The summed E-state index contributed by atoms with van der Waals surface area (Å²) in [6, 6.07) is 18.2. The number of fused-ring (bicyclic) bond motifs is 3. The Morgan fingerprint density at radius 1 is 1.06 bits per heavy atom. The number of aliphatic imine (C=N–C) groups is 2. The molecule has 6 rings (SSSR count). The molecule has 0 N–H and O–H groups in total. The molecule has 3 heterocycles. The van der Waals surface area contributed by atoms with Crippen LogP contribution in [0.15, 0.2) is 69.1 Å². The number of amidine groups is 1. The number of benzene rings is 3. The normalized spacial score (nSPS) is 21.9. The van der Waals surface area contributed by atoms with Crippen molar-refractivity contribution in [3.63, 3.8) is 0 Å². The van der Waals surface area contributed by atoms with Crippen molar-refractivity contribution in [1.82, 2.24) is 0 Å². The van der Waals surface area contributed by atoms with Crippen LogP contribution >= 0.6 is 39.1 Å². The van der Waals surface area contributed by atoms with E-state index in [0.717, 1.165) is 50.5 Å². The number of ether oxygens (including phenoxy) is 2. The summed E-state index contributed by atoms with van der Waals surface area (Å²) in [4.78, 5) is 12.3. The van der Waals surface area contributed by atoms with Gasteiger partial charge in [0.25, 0.3) is 0 Å². The lowest BCUT2D eigenvalue weighted by Gasteiger charge is -2.44. The van der Waals surface area contributed by atoms with Crippen molar-refractivity contribution in [3.8, 4) is 5.75 Å². The van der Waals surface area contributed by atoms with Gasteiger partial charge in [-0.1, -0.05) is 57.3 Å². The fourth-order valence-corrected chi connectivity index (χ4v) is 6.69. The SMILES string of the molecule is COC1=NCC[C@]23C(=Nc4cc(Br)ccc4[C@H]12)N(Cc1ccc(OC)cc1)c1c(Cl)cc(Cl)cc13. The van der Waals surface area contributed by atoms with Gasteiger partial charge in [0.2, 0.25) is 0 Å². The molecule has 0 aliphatic carbocycles. The van der Waals surface area contributed by atoms with Crippen molar-refractivity contribution >= 4 is 62.2 Å². The van der Waals surface area contributed by atoms with Crippen LogP contribution in [0, 0.1) is 0 Å². The van der Waals surface area contributed by atoms with Crippen LogP contribution in [-0.2, 0) is 16.7 Å². The first kappa shape index (κ1) is 22.9. The van der Waals surface area contributed by atoms with Gasteiger partial charge in [-0.3, -0.25) is 4.99 Å². The minimum Gasteiger partial charge on any atom is -0.497 e. The number of anilines is 1. The highest BCUT2D eigenvalue weighted by atomic mass is 79.9. The van der Waals surface area contributed by atoms with Crippen molar-refractivity contribution in [2.24, 2.45) is 9.98 Å². The van der Waals surface area contributed by atoms with Crippen LogP contribution in [-0.4, -0.2) is 32.5 Å². The zero-order valence-electron chi connectivity index (χ0n) is 19.2. The lowest BCUT2D eigenvalue weighted by atomic mass is 9.63. The predicted molar refractivity (Wildman–Crippen MR) is 145 cm³/mol. The molecule has 5 nitrogen and oxygen atoms in total. The van der Waals surface area contributed by atoms with Gasteiger partial charge < -0.3 is 14.4 Å². The van der Waals surface area contributed by atoms with E-state index in [1.54, 1.807) is 14.2 Å². The van der Waals surface area contributed by atoms with Gasteiger partial charge in [0, 0.05) is 22.6 Å². The average molecular weight is 571 g/mol. The summed E-state index contributed by atoms with van der Waals surface area (Å²) in [6.07, 6.45) is 0.779. The average Bonchev–Trinajstić information content (AvgIpc) is 3.10. The van der Waals surface area contributed by atoms with Gasteiger partial charge in [-0.25, -0.2) is 4.99 Å². The smallest absolute Gasteiger partial charge is 0.192 e. The van der Waals surface area contributed by atoms with E-state index in [2.05, 4.69) is 45.1 Å². The lowest BCUT2D eigenvalue weighted by molar-refractivity contribution is 0.336. The zero-order chi connectivity index (χ0) is 24.3. The Hall–Kier alpha value is -2.54. The molecular formula is C27H22BrCl2N3O2. The van der Waals surface area contributed by atoms with Crippen molar-refractivity contribution in [2.45, 2.75) is 24.3 Å². The van der Waals surface area contributed by atoms with Gasteiger partial charge >= 0.3 is 0 Å². The van der Waals surface area contributed by atoms with Crippen molar-refractivity contribution < 1.29 is 9.47 Å². The van der Waals surface area contributed by atoms with Crippen LogP contribution in [0.2, 0.25) is 10.0 Å². The summed E-state index contributed by atoms with van der Waals surface area (Å²) in [5.74, 6) is 2.35. The third-order valence-corrected chi connectivity index (χ3v) is 8.19. The summed E-state index contributed by atoms with van der Waals surface area (Å²) in [7, 11) is 3.36. The zero-order valence-corrected chi connectivity index (χ0v) is 22.3. The van der Waals surface area contributed by atoms with Crippen LogP contribution in [0.4, 0.5) is 11.4 Å². The lowest BCUT2D eigenvalue weighted by Crippen LogP contribution is -2.51. The second-order valence-corrected chi connectivity index (χ2v) is 10.7. The number of rotatable bonds is 3. The molecule has 0 amide bonds. The van der Waals surface area contributed by atoms with Crippen molar-refractivity contribution in [3.05, 3.63) is 85.8 Å². The molecule has 8 heteroatoms. The molecule has 0 saturated heterocycles. The van der Waals surface area contributed by atoms with Gasteiger partial charge in [-0.15, -0.1) is 0 Å². The monoisotopic (exact) mass is 569 g/mol. The summed E-state index contributed by atoms with van der Waals surface area (Å²) < 4.78 is 12.2. The Morgan fingerprint density at radius 2 is 1.86 bits per heavy atom. The minimum atomic E-state index is -0.482. The molecule has 0 radical (unpaired) electrons. The molecular weight excluding hydrogens is 549 g/mol. The molecule has 0 saturated carbocycles. The maximum Gasteiger partial charge on any atom is 0.192 e. The van der Waals surface area contributed by atoms with Crippen LogP contribution in [0.1, 0.15) is 29.0 Å². The Balaban J connectivity index is 1.62. The molecule has 0 bridgehead atoms. The number of hydrogen-bond acceptors (Lipinski definition) is 5. The molecule has 0 fully saturated rings. The Bertz CT molecular complexity index is 1410. The third kappa shape index (κ3) is 3.41. The fraction of sp³-hybridized carbons (Fsp3) is 0.259. The van der Waals surface area contributed by atoms with E-state index >= 15 is 0 Å². The molecule has 0 aromatic heterocycles. The summed E-state index contributed by atoms with van der Waals surface area (Å²) in [6.45, 7) is 1.24. The molecule has 3 aliphatic heterocycles. The topological polar surface area (TPSA) is 46.4 Å². The number of hydrogen-bond donors (Lipinski definition) is 0. The molecule has 1 spiro atoms. The first-order valence-corrected chi connectivity index (χ1v) is 12.9. The minimum absolute atomic E-state index is 0.133. The van der Waals surface area contributed by atoms with Gasteiger partial charge in [0.05, 0.1) is 41.9 Å². The molecule has 178 valence electrons. The molecule has 3 aliphatic rings. The predicted octanol–water partition coefficient (Wildman–Crippen LogP) is 7.30.